The molecule has 2 aromatic carbocycles. The number of halogens is 2. The quantitative estimate of drug-likeness (QED) is 0.585. The monoisotopic (exact) mass is 454 g/mol. The van der Waals surface area contributed by atoms with Gasteiger partial charge in [0.1, 0.15) is 0 Å². The summed E-state index contributed by atoms with van der Waals surface area (Å²) in [6, 6.07) is 12.0. The van der Waals surface area contributed by atoms with Gasteiger partial charge in [-0.3, -0.25) is 4.79 Å². The highest BCUT2D eigenvalue weighted by molar-refractivity contribution is 6.32. The summed E-state index contributed by atoms with van der Waals surface area (Å²) in [6.45, 7) is 3.18. The Morgan fingerprint density at radius 1 is 1.23 bits per heavy atom. The molecule has 3 heterocycles. The molecule has 1 unspecified atom stereocenters. The molecule has 0 radical (unpaired) electrons. The van der Waals surface area contributed by atoms with Crippen LogP contribution in [0.25, 0.3) is 10.9 Å². The van der Waals surface area contributed by atoms with Crippen molar-refractivity contribution in [2.24, 2.45) is 5.92 Å². The SMILES string of the molecule is Cl.N#Cc1ccc2c(CC3CCN(CCc4cc5c(cc4Cl)NC(=O)C5)C3)c[nH]c2c1. The highest BCUT2D eigenvalue weighted by Crippen LogP contribution is 2.31. The summed E-state index contributed by atoms with van der Waals surface area (Å²) in [5, 5.41) is 13.9. The van der Waals surface area contributed by atoms with Gasteiger partial charge in [0.05, 0.1) is 18.1 Å². The number of aromatic amines is 1. The number of aromatic nitrogens is 1. The fourth-order valence-corrected chi connectivity index (χ4v) is 5.05. The Hall–Kier alpha value is -2.52. The summed E-state index contributed by atoms with van der Waals surface area (Å²) in [4.78, 5) is 17.4. The van der Waals surface area contributed by atoms with Crippen LogP contribution >= 0.6 is 24.0 Å². The molecule has 0 aliphatic carbocycles. The van der Waals surface area contributed by atoms with E-state index in [1.807, 2.05) is 18.2 Å². The van der Waals surface area contributed by atoms with Crippen LogP contribution in [0.3, 0.4) is 0 Å². The number of hydrogen-bond acceptors (Lipinski definition) is 3. The van der Waals surface area contributed by atoms with Gasteiger partial charge in [0, 0.05) is 40.9 Å². The zero-order valence-electron chi connectivity index (χ0n) is 17.1. The highest BCUT2D eigenvalue weighted by atomic mass is 35.5. The van der Waals surface area contributed by atoms with Crippen LogP contribution in [0, 0.1) is 17.2 Å². The molecule has 2 aliphatic heterocycles. The van der Waals surface area contributed by atoms with Crippen LogP contribution in [0.4, 0.5) is 5.69 Å². The van der Waals surface area contributed by atoms with Gasteiger partial charge in [-0.05, 0) is 66.6 Å². The molecule has 1 fully saturated rings. The molecule has 7 heteroatoms. The summed E-state index contributed by atoms with van der Waals surface area (Å²) in [7, 11) is 0. The predicted octanol–water partition coefficient (Wildman–Crippen LogP) is 4.72. The molecule has 2 N–H and O–H groups in total. The van der Waals surface area contributed by atoms with Crippen molar-refractivity contribution in [1.82, 2.24) is 9.88 Å². The number of fused-ring (bicyclic) bond motifs is 2. The largest absolute Gasteiger partial charge is 0.361 e. The van der Waals surface area contributed by atoms with E-state index in [-0.39, 0.29) is 18.3 Å². The Labute approximate surface area is 192 Å². The average molecular weight is 455 g/mol. The third-order valence-electron chi connectivity index (χ3n) is 6.37. The number of hydrogen-bond donors (Lipinski definition) is 2. The van der Waals surface area contributed by atoms with Gasteiger partial charge < -0.3 is 15.2 Å². The molecule has 0 spiro atoms. The first-order valence-electron chi connectivity index (χ1n) is 10.4. The Morgan fingerprint density at radius 2 is 2.10 bits per heavy atom. The van der Waals surface area contributed by atoms with E-state index in [4.69, 9.17) is 16.9 Å². The summed E-state index contributed by atoms with van der Waals surface area (Å²) in [6.07, 6.45) is 5.69. The summed E-state index contributed by atoms with van der Waals surface area (Å²) in [5.41, 5.74) is 6.10. The number of nitrogens with one attached hydrogen (secondary N) is 2. The first-order chi connectivity index (χ1) is 14.6. The number of likely N-dealkylation sites (tertiary alicyclic amines) is 1. The first-order valence-corrected chi connectivity index (χ1v) is 10.8. The Balaban J connectivity index is 0.00000231. The van der Waals surface area contributed by atoms with Gasteiger partial charge in [0.25, 0.3) is 0 Å². The van der Waals surface area contributed by atoms with Gasteiger partial charge >= 0.3 is 0 Å². The van der Waals surface area contributed by atoms with Crippen LogP contribution in [-0.2, 0) is 24.1 Å². The standard InChI is InChI=1S/C24H23ClN4O.ClH/c25-21-11-22-18(10-24(30)28-22)9-17(21)4-6-29-5-3-16(14-29)7-19-13-27-23-8-15(12-26)1-2-20(19)23;/h1-2,8-9,11,13,16,27H,3-7,10,14H2,(H,28,30);1H. The summed E-state index contributed by atoms with van der Waals surface area (Å²) < 4.78 is 0. The van der Waals surface area contributed by atoms with E-state index in [1.54, 1.807) is 0 Å². The molecule has 31 heavy (non-hydrogen) atoms. The smallest absolute Gasteiger partial charge is 0.228 e. The van der Waals surface area contributed by atoms with Crippen molar-refractivity contribution >= 4 is 46.5 Å². The van der Waals surface area contributed by atoms with Crippen molar-refractivity contribution in [2.75, 3.05) is 25.0 Å². The van der Waals surface area contributed by atoms with Gasteiger partial charge in [-0.1, -0.05) is 23.7 Å². The Morgan fingerprint density at radius 3 is 2.94 bits per heavy atom. The molecule has 160 valence electrons. The lowest BCUT2D eigenvalue weighted by atomic mass is 9.98. The van der Waals surface area contributed by atoms with Crippen LogP contribution in [0.5, 0.6) is 0 Å². The van der Waals surface area contributed by atoms with Crippen molar-refractivity contribution in [1.29, 1.82) is 5.26 Å². The zero-order valence-corrected chi connectivity index (χ0v) is 18.7. The molecular formula is C24H24Cl2N4O. The van der Waals surface area contributed by atoms with Crippen molar-refractivity contribution < 1.29 is 4.79 Å². The molecular weight excluding hydrogens is 431 g/mol. The van der Waals surface area contributed by atoms with Crippen molar-refractivity contribution in [3.8, 4) is 6.07 Å². The van der Waals surface area contributed by atoms with Crippen LogP contribution in [0.1, 0.15) is 28.7 Å². The second-order valence-electron chi connectivity index (χ2n) is 8.42. The number of anilines is 1. The Kier molecular flexibility index (Phi) is 6.24. The molecule has 1 saturated heterocycles. The maximum atomic E-state index is 11.6. The number of nitriles is 1. The fourth-order valence-electron chi connectivity index (χ4n) is 4.79. The lowest BCUT2D eigenvalue weighted by Crippen LogP contribution is -2.24. The van der Waals surface area contributed by atoms with Gasteiger partial charge in [-0.2, -0.15) is 5.26 Å². The second-order valence-corrected chi connectivity index (χ2v) is 8.83. The third kappa shape index (κ3) is 4.43. The van der Waals surface area contributed by atoms with Crippen LogP contribution in [0.15, 0.2) is 36.5 Å². The number of nitrogens with zero attached hydrogens (tertiary/aromatic N) is 2. The predicted molar refractivity (Wildman–Crippen MR) is 126 cm³/mol. The van der Waals surface area contributed by atoms with Gasteiger partial charge in [0.2, 0.25) is 5.91 Å². The number of carbonyl (C=O) groups excluding carboxylic acids is 1. The second kappa shape index (κ2) is 8.92. The first kappa shape index (κ1) is 21.7. The van der Waals surface area contributed by atoms with Gasteiger partial charge in [-0.25, -0.2) is 0 Å². The van der Waals surface area contributed by atoms with E-state index in [0.29, 0.717) is 17.9 Å². The number of amides is 1. The van der Waals surface area contributed by atoms with E-state index in [0.717, 1.165) is 59.8 Å². The average Bonchev–Trinajstić information content (AvgIpc) is 3.44. The molecule has 0 bridgehead atoms. The van der Waals surface area contributed by atoms with Crippen molar-refractivity contribution in [3.05, 3.63) is 63.8 Å². The number of carbonyl (C=O) groups is 1. The van der Waals surface area contributed by atoms with E-state index in [2.05, 4.69) is 39.6 Å². The van der Waals surface area contributed by atoms with E-state index >= 15 is 0 Å². The van der Waals surface area contributed by atoms with E-state index < -0.39 is 0 Å². The van der Waals surface area contributed by atoms with Crippen LogP contribution < -0.4 is 5.32 Å². The minimum absolute atomic E-state index is 0. The lowest BCUT2D eigenvalue weighted by Gasteiger charge is -2.17. The highest BCUT2D eigenvalue weighted by Gasteiger charge is 2.24. The van der Waals surface area contributed by atoms with Crippen molar-refractivity contribution in [2.45, 2.75) is 25.7 Å². The molecule has 2 aliphatic rings. The third-order valence-corrected chi connectivity index (χ3v) is 6.72. The molecule has 1 atom stereocenters. The number of H-pyrrole nitrogens is 1. The van der Waals surface area contributed by atoms with Gasteiger partial charge in [-0.15, -0.1) is 12.4 Å². The molecule has 5 nitrogen and oxygen atoms in total. The summed E-state index contributed by atoms with van der Waals surface area (Å²) in [5.74, 6) is 0.679. The normalized spacial score (nSPS) is 17.9. The maximum Gasteiger partial charge on any atom is 0.228 e. The topological polar surface area (TPSA) is 71.9 Å². The fraction of sp³-hybridized carbons (Fsp3) is 0.333. The molecule has 5 rings (SSSR count). The maximum absolute atomic E-state index is 11.6. The van der Waals surface area contributed by atoms with Crippen LogP contribution in [0.2, 0.25) is 5.02 Å². The summed E-state index contributed by atoms with van der Waals surface area (Å²) >= 11 is 6.45. The molecule has 1 amide bonds. The minimum atomic E-state index is 0. The van der Waals surface area contributed by atoms with Crippen molar-refractivity contribution in [3.63, 3.8) is 0 Å². The number of rotatable bonds is 5. The van der Waals surface area contributed by atoms with Gasteiger partial charge in [0.15, 0.2) is 0 Å². The lowest BCUT2D eigenvalue weighted by molar-refractivity contribution is -0.115. The zero-order chi connectivity index (χ0) is 20.7. The molecule has 3 aromatic rings. The Bertz CT molecular complexity index is 1180. The number of benzene rings is 2. The molecule has 1 aromatic heterocycles. The van der Waals surface area contributed by atoms with E-state index in [1.165, 1.54) is 17.4 Å². The van der Waals surface area contributed by atoms with E-state index in [9.17, 15) is 4.79 Å². The van der Waals surface area contributed by atoms with Crippen LogP contribution in [-0.4, -0.2) is 35.4 Å². The molecule has 0 saturated carbocycles. The minimum Gasteiger partial charge on any atom is -0.361 e.